The van der Waals surface area contributed by atoms with Gasteiger partial charge in [0, 0.05) is 0 Å². The Morgan fingerprint density at radius 1 is 1.33 bits per heavy atom. The molecule has 0 rings (SSSR count). The number of halogens is 3. The third-order valence-corrected chi connectivity index (χ3v) is 4.33. The lowest BCUT2D eigenvalue weighted by Gasteiger charge is -2.32. The molecule has 0 bridgehead atoms. The fraction of sp³-hybridized carbons (Fsp3) is 1.00. The lowest BCUT2D eigenvalue weighted by Crippen LogP contribution is -2.50. The summed E-state index contributed by atoms with van der Waals surface area (Å²) in [6.45, 7) is 3.86. The molecule has 0 aromatic rings. The molecular weight excluding hydrogens is 201 g/mol. The zero-order chi connectivity index (χ0) is 9.99. The topological polar surface area (TPSA) is 9.23 Å². The van der Waals surface area contributed by atoms with Gasteiger partial charge in [0.05, 0.1) is 0 Å². The molecular formula is C6H15F3OSi2. The van der Waals surface area contributed by atoms with Gasteiger partial charge in [0.1, 0.15) is 10.5 Å². The summed E-state index contributed by atoms with van der Waals surface area (Å²) in [5, 5.41) is 0. The summed E-state index contributed by atoms with van der Waals surface area (Å²) in [7, 11) is -1.78. The van der Waals surface area contributed by atoms with Gasteiger partial charge < -0.3 is 4.12 Å². The van der Waals surface area contributed by atoms with Crippen LogP contribution in [-0.2, 0) is 4.12 Å². The predicted molar refractivity (Wildman–Crippen MR) is 48.9 cm³/mol. The molecule has 1 nitrogen and oxygen atoms in total. The highest BCUT2D eigenvalue weighted by Gasteiger charge is 2.53. The van der Waals surface area contributed by atoms with Gasteiger partial charge in [-0.25, -0.2) is 13.2 Å². The largest absolute Gasteiger partial charge is 0.464 e. The molecule has 12 heavy (non-hydrogen) atoms. The molecule has 74 valence electrons. The minimum Gasteiger partial charge on any atom is -0.464 e. The van der Waals surface area contributed by atoms with Crippen LogP contribution in [0.3, 0.4) is 0 Å². The van der Waals surface area contributed by atoms with Crippen molar-refractivity contribution < 1.29 is 17.3 Å². The second kappa shape index (κ2) is 3.93. The van der Waals surface area contributed by atoms with Gasteiger partial charge in [-0.15, -0.1) is 0 Å². The van der Waals surface area contributed by atoms with E-state index in [1.165, 1.54) is 13.8 Å². The summed E-state index contributed by atoms with van der Waals surface area (Å²) >= 11 is 0. The van der Waals surface area contributed by atoms with Crippen LogP contribution in [0, 0.1) is 5.92 Å². The van der Waals surface area contributed by atoms with E-state index in [-0.39, 0.29) is 10.5 Å². The van der Waals surface area contributed by atoms with Crippen LogP contribution < -0.4 is 0 Å². The Morgan fingerprint density at radius 2 is 1.75 bits per heavy atom. The molecule has 0 fully saturated rings. The van der Waals surface area contributed by atoms with E-state index in [0.717, 1.165) is 6.92 Å². The van der Waals surface area contributed by atoms with Crippen molar-refractivity contribution in [3.63, 3.8) is 0 Å². The lowest BCUT2D eigenvalue weighted by molar-refractivity contribution is -0.0945. The van der Waals surface area contributed by atoms with Gasteiger partial charge >= 0.3 is 0 Å². The Bertz CT molecular complexity index is 150. The predicted octanol–water partition coefficient (Wildman–Crippen LogP) is 0.344. The van der Waals surface area contributed by atoms with E-state index in [4.69, 9.17) is 0 Å². The van der Waals surface area contributed by atoms with Gasteiger partial charge in [-0.05, 0) is 12.8 Å². The maximum atomic E-state index is 13.4. The van der Waals surface area contributed by atoms with Crippen LogP contribution in [0.2, 0.25) is 0 Å². The van der Waals surface area contributed by atoms with Crippen LogP contribution >= 0.6 is 0 Å². The van der Waals surface area contributed by atoms with Crippen molar-refractivity contribution in [2.24, 2.45) is 5.92 Å². The van der Waals surface area contributed by atoms with Crippen molar-refractivity contribution >= 4 is 20.2 Å². The second-order valence-corrected chi connectivity index (χ2v) is 6.85. The van der Waals surface area contributed by atoms with Crippen LogP contribution in [-0.4, -0.2) is 31.5 Å². The summed E-state index contributed by atoms with van der Waals surface area (Å²) in [5.41, 5.74) is -5.67. The smallest absolute Gasteiger partial charge is 0.282 e. The van der Waals surface area contributed by atoms with E-state index in [1.807, 2.05) is 0 Å². The van der Waals surface area contributed by atoms with Crippen molar-refractivity contribution in [1.29, 1.82) is 0 Å². The Morgan fingerprint density at radius 3 is 2.00 bits per heavy atom. The van der Waals surface area contributed by atoms with Crippen molar-refractivity contribution in [3.05, 3.63) is 0 Å². The minimum atomic E-state index is -3.25. The van der Waals surface area contributed by atoms with Crippen LogP contribution in [0.1, 0.15) is 20.8 Å². The van der Waals surface area contributed by atoms with Crippen LogP contribution in [0.15, 0.2) is 0 Å². The minimum absolute atomic E-state index is 0.264. The highest BCUT2D eigenvalue weighted by atomic mass is 28.3. The molecule has 0 spiro atoms. The number of hydrogen-bond donors (Lipinski definition) is 0. The summed E-state index contributed by atoms with van der Waals surface area (Å²) in [6.07, 6.45) is 0. The normalized spacial score (nSPS) is 19.2. The highest BCUT2D eigenvalue weighted by molar-refractivity contribution is 6.37. The first-order valence-electron chi connectivity index (χ1n) is 3.81. The first-order valence-corrected chi connectivity index (χ1v) is 5.91. The van der Waals surface area contributed by atoms with Gasteiger partial charge in [-0.2, -0.15) is 0 Å². The fourth-order valence-corrected chi connectivity index (χ4v) is 2.89. The quantitative estimate of drug-likeness (QED) is 0.616. The van der Waals surface area contributed by atoms with E-state index in [0.29, 0.717) is 0 Å². The number of alkyl halides is 3. The third-order valence-electron chi connectivity index (χ3n) is 2.13. The van der Waals surface area contributed by atoms with Crippen LogP contribution in [0.5, 0.6) is 0 Å². The monoisotopic (exact) mass is 216 g/mol. The molecule has 1 atom stereocenters. The Kier molecular flexibility index (Phi) is 3.99. The summed E-state index contributed by atoms with van der Waals surface area (Å²) in [4.78, 5) is 0. The molecule has 6 heteroatoms. The molecule has 0 aromatic heterocycles. The lowest BCUT2D eigenvalue weighted by atomic mass is 9.95. The first-order chi connectivity index (χ1) is 5.25. The van der Waals surface area contributed by atoms with Crippen molar-refractivity contribution in [1.82, 2.24) is 0 Å². The molecule has 0 aliphatic rings. The standard InChI is InChI=1S/C6H15F3OSi2/c1-4(2)5(3,7)6(8,9)12-10-11/h4H,12H2,1-3,11H3. The maximum Gasteiger partial charge on any atom is 0.282 e. The van der Waals surface area contributed by atoms with E-state index in [2.05, 4.69) is 4.12 Å². The SMILES string of the molecule is CC(C)C(C)(F)C(F)(F)[SiH2]O[SiH3]. The molecule has 0 aliphatic carbocycles. The molecule has 0 amide bonds. The first kappa shape index (κ1) is 12.2. The highest BCUT2D eigenvalue weighted by Crippen LogP contribution is 2.37. The molecule has 0 saturated carbocycles. The van der Waals surface area contributed by atoms with Gasteiger partial charge in [0.2, 0.25) is 9.76 Å². The number of hydrogen-bond acceptors (Lipinski definition) is 1. The maximum absolute atomic E-state index is 13.4. The van der Waals surface area contributed by atoms with Gasteiger partial charge in [-0.3, -0.25) is 0 Å². The summed E-state index contributed by atoms with van der Waals surface area (Å²) < 4.78 is 44.0. The van der Waals surface area contributed by atoms with Crippen molar-refractivity contribution in [2.45, 2.75) is 32.0 Å². The van der Waals surface area contributed by atoms with Gasteiger partial charge in [-0.1, -0.05) is 13.8 Å². The van der Waals surface area contributed by atoms with Gasteiger partial charge in [0.15, 0.2) is 5.67 Å². The molecule has 0 aromatic carbocycles. The fourth-order valence-electron chi connectivity index (χ4n) is 0.745. The van der Waals surface area contributed by atoms with Gasteiger partial charge in [0.25, 0.3) is 5.55 Å². The molecule has 0 aliphatic heterocycles. The molecule has 0 radical (unpaired) electrons. The van der Waals surface area contributed by atoms with Crippen LogP contribution in [0.4, 0.5) is 13.2 Å². The molecule has 0 heterocycles. The Labute approximate surface area is 76.2 Å². The van der Waals surface area contributed by atoms with Crippen molar-refractivity contribution in [2.75, 3.05) is 0 Å². The Balaban J connectivity index is 4.50. The summed E-state index contributed by atoms with van der Waals surface area (Å²) in [6, 6.07) is 0. The second-order valence-electron chi connectivity index (χ2n) is 3.37. The van der Waals surface area contributed by atoms with E-state index in [9.17, 15) is 13.2 Å². The zero-order valence-electron chi connectivity index (χ0n) is 7.83. The number of rotatable bonds is 4. The summed E-state index contributed by atoms with van der Waals surface area (Å²) in [5.74, 6) is -0.684. The van der Waals surface area contributed by atoms with E-state index >= 15 is 0 Å². The average molecular weight is 216 g/mol. The van der Waals surface area contributed by atoms with E-state index in [1.54, 1.807) is 0 Å². The van der Waals surface area contributed by atoms with Crippen molar-refractivity contribution in [3.8, 4) is 0 Å². The molecule has 0 N–H and O–H groups in total. The Hall–Kier alpha value is 0.184. The van der Waals surface area contributed by atoms with E-state index < -0.39 is 26.9 Å². The molecule has 0 saturated heterocycles. The molecule has 1 unspecified atom stereocenters. The zero-order valence-corrected chi connectivity index (χ0v) is 11.2. The average Bonchev–Trinajstić information content (AvgIpc) is 1.86. The van der Waals surface area contributed by atoms with Crippen LogP contribution in [0.25, 0.3) is 0 Å². The third kappa shape index (κ3) is 2.33.